The largest absolute Gasteiger partial charge is 0.388 e. The Morgan fingerprint density at radius 2 is 2.19 bits per heavy atom. The van der Waals surface area contributed by atoms with Crippen LogP contribution in [-0.4, -0.2) is 16.5 Å². The summed E-state index contributed by atoms with van der Waals surface area (Å²) in [5.74, 6) is 1.30. The summed E-state index contributed by atoms with van der Waals surface area (Å²) in [7, 11) is 0. The molecule has 16 heavy (non-hydrogen) atoms. The maximum Gasteiger partial charge on any atom is 0.122 e. The van der Waals surface area contributed by atoms with Crippen molar-refractivity contribution in [2.75, 3.05) is 11.9 Å². The van der Waals surface area contributed by atoms with Gasteiger partial charge in [0.1, 0.15) is 4.99 Å². The molecule has 0 saturated carbocycles. The van der Waals surface area contributed by atoms with Crippen LogP contribution in [-0.2, 0) is 0 Å². The second kappa shape index (κ2) is 5.80. The molecular formula is C12H19N3S. The number of hydrogen-bond acceptors (Lipinski definition) is 3. The second-order valence-corrected chi connectivity index (χ2v) is 4.84. The number of hydrogen-bond donors (Lipinski definition) is 2. The van der Waals surface area contributed by atoms with E-state index in [1.807, 2.05) is 12.1 Å². The highest BCUT2D eigenvalue weighted by molar-refractivity contribution is 7.80. The highest BCUT2D eigenvalue weighted by Crippen LogP contribution is 2.13. The molecule has 88 valence electrons. The SMILES string of the molecule is CC(C)C(C)CNc1ccnc(C(N)=S)c1. The number of pyridine rings is 1. The van der Waals surface area contributed by atoms with Crippen molar-refractivity contribution in [1.82, 2.24) is 4.98 Å². The van der Waals surface area contributed by atoms with E-state index < -0.39 is 0 Å². The quantitative estimate of drug-likeness (QED) is 0.772. The number of anilines is 1. The standard InChI is InChI=1S/C12H19N3S/c1-8(2)9(3)7-15-10-4-5-14-11(6-10)12(13)16/h4-6,8-9H,7H2,1-3H3,(H2,13,16)(H,14,15). The first-order chi connectivity index (χ1) is 7.50. The van der Waals surface area contributed by atoms with Gasteiger partial charge in [0, 0.05) is 18.4 Å². The Morgan fingerprint density at radius 3 is 2.75 bits per heavy atom. The van der Waals surface area contributed by atoms with E-state index >= 15 is 0 Å². The molecule has 1 heterocycles. The first-order valence-corrected chi connectivity index (χ1v) is 5.91. The van der Waals surface area contributed by atoms with E-state index in [-0.39, 0.29) is 0 Å². The molecule has 1 atom stereocenters. The zero-order valence-corrected chi connectivity index (χ0v) is 10.8. The van der Waals surface area contributed by atoms with Gasteiger partial charge in [0.25, 0.3) is 0 Å². The fourth-order valence-electron chi connectivity index (χ4n) is 1.19. The average Bonchev–Trinajstić information content (AvgIpc) is 2.26. The van der Waals surface area contributed by atoms with Crippen LogP contribution in [0.4, 0.5) is 5.69 Å². The molecule has 0 amide bonds. The van der Waals surface area contributed by atoms with Gasteiger partial charge in [-0.2, -0.15) is 0 Å². The summed E-state index contributed by atoms with van der Waals surface area (Å²) in [6.45, 7) is 7.62. The molecule has 4 heteroatoms. The molecule has 0 fully saturated rings. The Balaban J connectivity index is 2.61. The lowest BCUT2D eigenvalue weighted by atomic mass is 9.98. The summed E-state index contributed by atoms with van der Waals surface area (Å²) in [6.07, 6.45) is 1.72. The maximum atomic E-state index is 5.53. The van der Waals surface area contributed by atoms with Crippen molar-refractivity contribution >= 4 is 22.9 Å². The van der Waals surface area contributed by atoms with E-state index in [4.69, 9.17) is 18.0 Å². The lowest BCUT2D eigenvalue weighted by Gasteiger charge is -2.17. The maximum absolute atomic E-state index is 5.53. The summed E-state index contributed by atoms with van der Waals surface area (Å²) in [4.78, 5) is 4.43. The Morgan fingerprint density at radius 1 is 1.50 bits per heavy atom. The van der Waals surface area contributed by atoms with Gasteiger partial charge in [-0.1, -0.05) is 33.0 Å². The lowest BCUT2D eigenvalue weighted by molar-refractivity contribution is 0.440. The third kappa shape index (κ3) is 3.77. The van der Waals surface area contributed by atoms with Crippen molar-refractivity contribution in [1.29, 1.82) is 0 Å². The normalized spacial score (nSPS) is 12.5. The van der Waals surface area contributed by atoms with Crippen molar-refractivity contribution < 1.29 is 0 Å². The van der Waals surface area contributed by atoms with Crippen LogP contribution in [0.5, 0.6) is 0 Å². The zero-order chi connectivity index (χ0) is 12.1. The number of thiocarbonyl (C=S) groups is 1. The van der Waals surface area contributed by atoms with E-state index in [1.165, 1.54) is 0 Å². The Kier molecular flexibility index (Phi) is 4.68. The van der Waals surface area contributed by atoms with Crippen molar-refractivity contribution in [2.45, 2.75) is 20.8 Å². The van der Waals surface area contributed by atoms with Crippen LogP contribution < -0.4 is 11.1 Å². The smallest absolute Gasteiger partial charge is 0.122 e. The second-order valence-electron chi connectivity index (χ2n) is 4.40. The Hall–Kier alpha value is -1.16. The molecule has 0 spiro atoms. The summed E-state index contributed by atoms with van der Waals surface area (Å²) >= 11 is 4.89. The van der Waals surface area contributed by atoms with E-state index in [9.17, 15) is 0 Å². The molecule has 0 aliphatic carbocycles. The van der Waals surface area contributed by atoms with Gasteiger partial charge in [-0.05, 0) is 24.0 Å². The van der Waals surface area contributed by atoms with Gasteiger partial charge < -0.3 is 11.1 Å². The van der Waals surface area contributed by atoms with E-state index in [2.05, 4.69) is 31.1 Å². The Labute approximate surface area is 102 Å². The van der Waals surface area contributed by atoms with Crippen LogP contribution in [0.2, 0.25) is 0 Å². The minimum absolute atomic E-state index is 0.334. The third-order valence-corrected chi connectivity index (χ3v) is 2.99. The molecule has 0 bridgehead atoms. The predicted octanol–water partition coefficient (Wildman–Crippen LogP) is 2.42. The monoisotopic (exact) mass is 237 g/mol. The summed E-state index contributed by atoms with van der Waals surface area (Å²) in [5.41, 5.74) is 7.21. The minimum atomic E-state index is 0.334. The van der Waals surface area contributed by atoms with Crippen molar-refractivity contribution in [3.63, 3.8) is 0 Å². The molecular weight excluding hydrogens is 218 g/mol. The highest BCUT2D eigenvalue weighted by atomic mass is 32.1. The summed E-state index contributed by atoms with van der Waals surface area (Å²) < 4.78 is 0. The molecule has 0 radical (unpaired) electrons. The molecule has 0 aliphatic heterocycles. The van der Waals surface area contributed by atoms with Crippen molar-refractivity contribution in [2.24, 2.45) is 17.6 Å². The van der Waals surface area contributed by atoms with Gasteiger partial charge >= 0.3 is 0 Å². The van der Waals surface area contributed by atoms with Crippen LogP contribution in [0.15, 0.2) is 18.3 Å². The van der Waals surface area contributed by atoms with Gasteiger partial charge in [0.15, 0.2) is 0 Å². The van der Waals surface area contributed by atoms with Crippen LogP contribution in [0.1, 0.15) is 26.5 Å². The molecule has 0 saturated heterocycles. The van der Waals surface area contributed by atoms with Gasteiger partial charge in [-0.15, -0.1) is 0 Å². The summed E-state index contributed by atoms with van der Waals surface area (Å²) in [5, 5.41) is 3.37. The van der Waals surface area contributed by atoms with Crippen LogP contribution >= 0.6 is 12.2 Å². The number of aromatic nitrogens is 1. The van der Waals surface area contributed by atoms with Crippen LogP contribution in [0.25, 0.3) is 0 Å². The van der Waals surface area contributed by atoms with Crippen LogP contribution in [0, 0.1) is 11.8 Å². The highest BCUT2D eigenvalue weighted by Gasteiger charge is 2.06. The zero-order valence-electron chi connectivity index (χ0n) is 10.0. The molecule has 1 aromatic rings. The first kappa shape index (κ1) is 12.9. The fourth-order valence-corrected chi connectivity index (χ4v) is 1.30. The number of rotatable bonds is 5. The van der Waals surface area contributed by atoms with Gasteiger partial charge in [-0.3, -0.25) is 4.98 Å². The summed E-state index contributed by atoms with van der Waals surface area (Å²) in [6, 6.07) is 3.81. The van der Waals surface area contributed by atoms with Crippen LogP contribution in [0.3, 0.4) is 0 Å². The third-order valence-electron chi connectivity index (χ3n) is 2.78. The fraction of sp³-hybridized carbons (Fsp3) is 0.500. The van der Waals surface area contributed by atoms with E-state index in [0.29, 0.717) is 22.5 Å². The molecule has 0 aliphatic rings. The van der Waals surface area contributed by atoms with Gasteiger partial charge in [0.05, 0.1) is 5.69 Å². The molecule has 1 rings (SSSR count). The molecule has 0 aromatic carbocycles. The predicted molar refractivity (Wildman–Crippen MR) is 72.6 cm³/mol. The molecule has 3 nitrogen and oxygen atoms in total. The van der Waals surface area contributed by atoms with E-state index in [1.54, 1.807) is 6.20 Å². The van der Waals surface area contributed by atoms with E-state index in [0.717, 1.165) is 12.2 Å². The average molecular weight is 237 g/mol. The minimum Gasteiger partial charge on any atom is -0.388 e. The Bertz CT molecular complexity index is 363. The number of nitrogens with zero attached hydrogens (tertiary/aromatic N) is 1. The molecule has 3 N–H and O–H groups in total. The van der Waals surface area contributed by atoms with Gasteiger partial charge in [-0.25, -0.2) is 0 Å². The topological polar surface area (TPSA) is 50.9 Å². The molecule has 1 unspecified atom stereocenters. The van der Waals surface area contributed by atoms with Crippen molar-refractivity contribution in [3.05, 3.63) is 24.0 Å². The first-order valence-electron chi connectivity index (χ1n) is 5.50. The number of nitrogens with one attached hydrogen (secondary N) is 1. The number of nitrogens with two attached hydrogens (primary N) is 1. The molecule has 1 aromatic heterocycles. The lowest BCUT2D eigenvalue weighted by Crippen LogP contribution is -2.17. The van der Waals surface area contributed by atoms with Crippen molar-refractivity contribution in [3.8, 4) is 0 Å². The van der Waals surface area contributed by atoms with Gasteiger partial charge in [0.2, 0.25) is 0 Å².